The summed E-state index contributed by atoms with van der Waals surface area (Å²) in [5, 5.41) is 0. The minimum atomic E-state index is 1.08. The summed E-state index contributed by atoms with van der Waals surface area (Å²) in [5.41, 5.74) is 1.08. The van der Waals surface area contributed by atoms with Crippen LogP contribution in [0.2, 0.25) is 0 Å². The molecule has 0 N–H and O–H groups in total. The Labute approximate surface area is 31.2 Å². The molecular formula is C5H6. The molecule has 2 atom stereocenters. The van der Waals surface area contributed by atoms with Crippen molar-refractivity contribution in [3.63, 3.8) is 0 Å². The van der Waals surface area contributed by atoms with Crippen molar-refractivity contribution in [1.29, 1.82) is 0 Å². The molecule has 0 heteroatoms. The lowest BCUT2D eigenvalue weighted by atomic mass is 10.4. The molecule has 5 heavy (non-hydrogen) atoms. The van der Waals surface area contributed by atoms with E-state index in [1.807, 2.05) is 0 Å². The lowest BCUT2D eigenvalue weighted by Gasteiger charge is -1.65. The van der Waals surface area contributed by atoms with Crippen LogP contribution in [0.5, 0.6) is 0 Å². The first-order valence-corrected chi connectivity index (χ1v) is 2.43. The van der Waals surface area contributed by atoms with E-state index < -0.39 is 0 Å². The Bertz CT molecular complexity index is 90.6. The van der Waals surface area contributed by atoms with E-state index in [2.05, 4.69) is 0 Å². The standard InChI is InChI=1S/C5H6/c1-3-4-2-5(1,3)4/h3-4H,1-2H2. The lowest BCUT2D eigenvalue weighted by molar-refractivity contribution is 0.834. The molecule has 2 unspecified atom stereocenters. The summed E-state index contributed by atoms with van der Waals surface area (Å²) >= 11 is 0. The fourth-order valence-electron chi connectivity index (χ4n) is 1.72. The fraction of sp³-hybridized carbons (Fsp3) is 1.00. The van der Waals surface area contributed by atoms with Crippen LogP contribution < -0.4 is 0 Å². The zero-order valence-electron chi connectivity index (χ0n) is 3.07. The van der Waals surface area contributed by atoms with Crippen LogP contribution in [-0.4, -0.2) is 0 Å². The summed E-state index contributed by atoms with van der Waals surface area (Å²) in [4.78, 5) is 0. The maximum atomic E-state index is 1.62. The highest BCUT2D eigenvalue weighted by atomic mass is 14.9. The molecule has 0 heterocycles. The van der Waals surface area contributed by atoms with Crippen molar-refractivity contribution in [3.8, 4) is 0 Å². The molecule has 0 radical (unpaired) electrons. The van der Waals surface area contributed by atoms with Crippen LogP contribution in [0.25, 0.3) is 0 Å². The van der Waals surface area contributed by atoms with Crippen LogP contribution in [-0.2, 0) is 0 Å². The third kappa shape index (κ3) is 0.0400. The molecule has 3 fully saturated rings. The van der Waals surface area contributed by atoms with E-state index in [0.717, 1.165) is 5.41 Å². The van der Waals surface area contributed by atoms with Gasteiger partial charge in [-0.05, 0) is 30.1 Å². The van der Waals surface area contributed by atoms with Crippen molar-refractivity contribution in [2.45, 2.75) is 12.8 Å². The van der Waals surface area contributed by atoms with Crippen molar-refractivity contribution in [3.05, 3.63) is 0 Å². The van der Waals surface area contributed by atoms with Gasteiger partial charge < -0.3 is 0 Å². The Morgan fingerprint density at radius 3 is 1.60 bits per heavy atom. The molecule has 26 valence electrons. The predicted molar refractivity (Wildman–Crippen MR) is 18.6 cm³/mol. The van der Waals surface area contributed by atoms with Crippen LogP contribution >= 0.6 is 0 Å². The van der Waals surface area contributed by atoms with Crippen molar-refractivity contribution >= 4 is 0 Å². The zero-order valence-corrected chi connectivity index (χ0v) is 3.07. The topological polar surface area (TPSA) is 0 Å². The minimum absolute atomic E-state index is 1.08. The Balaban J connectivity index is 2.49. The molecule has 1 spiro atoms. The molecule has 0 aromatic rings. The Hall–Kier alpha value is 0. The second-order valence-electron chi connectivity index (χ2n) is 2.85. The van der Waals surface area contributed by atoms with Crippen LogP contribution in [0.4, 0.5) is 0 Å². The first kappa shape index (κ1) is 1.63. The van der Waals surface area contributed by atoms with E-state index in [9.17, 15) is 0 Å². The lowest BCUT2D eigenvalue weighted by Crippen LogP contribution is -1.58. The van der Waals surface area contributed by atoms with Gasteiger partial charge in [-0.1, -0.05) is 0 Å². The van der Waals surface area contributed by atoms with E-state index in [1.165, 1.54) is 11.8 Å². The highest BCUT2D eigenvalue weighted by molar-refractivity contribution is 5.39. The summed E-state index contributed by atoms with van der Waals surface area (Å²) in [6.07, 6.45) is 3.25. The first-order chi connectivity index (χ1) is 2.43. The van der Waals surface area contributed by atoms with Crippen molar-refractivity contribution in [2.24, 2.45) is 17.3 Å². The number of hydrogen-bond acceptors (Lipinski definition) is 0. The Morgan fingerprint density at radius 2 is 1.60 bits per heavy atom. The van der Waals surface area contributed by atoms with Crippen LogP contribution in [0.1, 0.15) is 12.8 Å². The molecule has 0 aliphatic heterocycles. The third-order valence-electron chi connectivity index (χ3n) is 2.73. The van der Waals surface area contributed by atoms with Gasteiger partial charge in [0.1, 0.15) is 0 Å². The average molecular weight is 66.1 g/mol. The Morgan fingerprint density at radius 1 is 1.20 bits per heavy atom. The summed E-state index contributed by atoms with van der Waals surface area (Å²) < 4.78 is 0. The summed E-state index contributed by atoms with van der Waals surface area (Å²) in [6.45, 7) is 0. The van der Waals surface area contributed by atoms with Gasteiger partial charge in [0, 0.05) is 0 Å². The van der Waals surface area contributed by atoms with Gasteiger partial charge in [0.2, 0.25) is 0 Å². The number of hydrogen-bond donors (Lipinski definition) is 0. The van der Waals surface area contributed by atoms with E-state index in [4.69, 9.17) is 0 Å². The van der Waals surface area contributed by atoms with Gasteiger partial charge in [0.15, 0.2) is 0 Å². The van der Waals surface area contributed by atoms with Gasteiger partial charge in [-0.25, -0.2) is 0 Å². The van der Waals surface area contributed by atoms with E-state index in [-0.39, 0.29) is 0 Å². The quantitative estimate of drug-likeness (QED) is 0.396. The van der Waals surface area contributed by atoms with Crippen LogP contribution in [0.3, 0.4) is 0 Å². The molecular weight excluding hydrogens is 60.1 g/mol. The van der Waals surface area contributed by atoms with Crippen molar-refractivity contribution < 1.29 is 0 Å². The minimum Gasteiger partial charge on any atom is -0.0433 e. The largest absolute Gasteiger partial charge is 0.0433 e. The fourth-order valence-corrected chi connectivity index (χ4v) is 1.72. The first-order valence-electron chi connectivity index (χ1n) is 2.43. The third-order valence-corrected chi connectivity index (χ3v) is 2.73. The average Bonchev–Trinajstić information content (AvgIpc) is 2.04. The molecule has 0 aromatic carbocycles. The molecule has 3 aliphatic carbocycles. The van der Waals surface area contributed by atoms with Crippen molar-refractivity contribution in [2.75, 3.05) is 0 Å². The molecule has 0 nitrogen and oxygen atoms in total. The molecule has 0 amide bonds. The zero-order chi connectivity index (χ0) is 3.07. The van der Waals surface area contributed by atoms with E-state index >= 15 is 0 Å². The molecule has 0 aromatic heterocycles. The van der Waals surface area contributed by atoms with Gasteiger partial charge in [-0.15, -0.1) is 0 Å². The van der Waals surface area contributed by atoms with Gasteiger partial charge >= 0.3 is 0 Å². The van der Waals surface area contributed by atoms with Gasteiger partial charge in [0.25, 0.3) is 0 Å². The highest BCUT2D eigenvalue weighted by Crippen LogP contribution is 2.97. The molecule has 0 bridgehead atoms. The summed E-state index contributed by atoms with van der Waals surface area (Å²) in [7, 11) is 0. The van der Waals surface area contributed by atoms with Gasteiger partial charge in [-0.3, -0.25) is 0 Å². The van der Waals surface area contributed by atoms with Crippen LogP contribution in [0, 0.1) is 17.3 Å². The summed E-state index contributed by atoms with van der Waals surface area (Å²) in [6, 6.07) is 0. The summed E-state index contributed by atoms with van der Waals surface area (Å²) in [5.74, 6) is 2.59. The second-order valence-corrected chi connectivity index (χ2v) is 2.85. The molecule has 3 saturated carbocycles. The van der Waals surface area contributed by atoms with Gasteiger partial charge in [0.05, 0.1) is 0 Å². The highest BCUT2D eigenvalue weighted by Gasteiger charge is 2.90. The number of rotatable bonds is 0. The van der Waals surface area contributed by atoms with Gasteiger partial charge in [-0.2, -0.15) is 0 Å². The van der Waals surface area contributed by atoms with Crippen LogP contribution in [0.15, 0.2) is 0 Å². The Kier molecular flexibility index (Phi) is 0.0600. The molecule has 0 saturated heterocycles. The van der Waals surface area contributed by atoms with Crippen molar-refractivity contribution in [1.82, 2.24) is 0 Å². The normalized spacial score (nSPS) is 91.2. The monoisotopic (exact) mass is 66.0 g/mol. The maximum absolute atomic E-state index is 1.62. The maximum Gasteiger partial charge on any atom is -0.0229 e. The van der Waals surface area contributed by atoms with E-state index in [1.54, 1.807) is 12.8 Å². The molecule has 3 aliphatic rings. The predicted octanol–water partition coefficient (Wildman–Crippen LogP) is 1.03. The molecule has 3 rings (SSSR count). The smallest absolute Gasteiger partial charge is 0.0229 e. The number of fused-ring (bicyclic) bond motifs is 1. The second kappa shape index (κ2) is 0.184. The van der Waals surface area contributed by atoms with E-state index in [0.29, 0.717) is 0 Å². The SMILES string of the molecule is C1C2C3CC123.